The summed E-state index contributed by atoms with van der Waals surface area (Å²) in [5.74, 6) is 1.40. The lowest BCUT2D eigenvalue weighted by Gasteiger charge is -2.37. The monoisotopic (exact) mass is 426 g/mol. The maximum absolute atomic E-state index is 12.5. The molecule has 0 unspecified atom stereocenters. The Hall–Kier alpha value is -2.10. The molecule has 0 saturated heterocycles. The van der Waals surface area contributed by atoms with Crippen molar-refractivity contribution in [1.29, 1.82) is 0 Å². The molecule has 1 aromatic rings. The largest absolute Gasteiger partial charge is 0.478 e. The summed E-state index contributed by atoms with van der Waals surface area (Å²) in [6.45, 7) is 2.28. The maximum Gasteiger partial charge on any atom is 0.338 e. The molecule has 2 fully saturated rings. The molecular formula is C27H38O4. The fraction of sp³-hybridized carbons (Fsp3) is 0.630. The van der Waals surface area contributed by atoms with E-state index in [1.54, 1.807) is 24.3 Å². The summed E-state index contributed by atoms with van der Waals surface area (Å²) >= 11 is 0. The fourth-order valence-electron chi connectivity index (χ4n) is 5.43. The van der Waals surface area contributed by atoms with Gasteiger partial charge in [0, 0.05) is 6.08 Å². The summed E-state index contributed by atoms with van der Waals surface area (Å²) in [6, 6.07) is 6.89. The molecule has 0 aliphatic heterocycles. The minimum absolute atomic E-state index is 0.0284. The van der Waals surface area contributed by atoms with Crippen LogP contribution in [0.5, 0.6) is 0 Å². The summed E-state index contributed by atoms with van der Waals surface area (Å²) in [6.07, 6.45) is 18.1. The highest BCUT2D eigenvalue weighted by Gasteiger charge is 2.32. The normalized spacial score (nSPS) is 26.6. The number of hydrogen-bond acceptors (Lipinski definition) is 3. The first-order valence-electron chi connectivity index (χ1n) is 12.3. The zero-order chi connectivity index (χ0) is 22.1. The lowest BCUT2D eigenvalue weighted by molar-refractivity contribution is -0.131. The van der Waals surface area contributed by atoms with Gasteiger partial charge in [0.2, 0.25) is 0 Å². The molecule has 2 saturated carbocycles. The van der Waals surface area contributed by atoms with Crippen LogP contribution < -0.4 is 0 Å². The highest BCUT2D eigenvalue weighted by Crippen LogP contribution is 2.41. The van der Waals surface area contributed by atoms with E-state index in [9.17, 15) is 9.59 Å². The van der Waals surface area contributed by atoms with Crippen LogP contribution in [0.4, 0.5) is 0 Å². The summed E-state index contributed by atoms with van der Waals surface area (Å²) in [4.78, 5) is 23.1. The Morgan fingerprint density at radius 3 is 2.13 bits per heavy atom. The van der Waals surface area contributed by atoms with Crippen molar-refractivity contribution in [3.8, 4) is 0 Å². The van der Waals surface area contributed by atoms with E-state index in [4.69, 9.17) is 9.84 Å². The Morgan fingerprint density at radius 2 is 1.55 bits per heavy atom. The second-order valence-electron chi connectivity index (χ2n) is 9.51. The van der Waals surface area contributed by atoms with Crippen molar-refractivity contribution < 1.29 is 19.4 Å². The molecule has 0 radical (unpaired) electrons. The van der Waals surface area contributed by atoms with Gasteiger partial charge in [-0.3, -0.25) is 0 Å². The molecule has 0 spiro atoms. The smallest absolute Gasteiger partial charge is 0.338 e. The van der Waals surface area contributed by atoms with Gasteiger partial charge in [0.1, 0.15) is 6.10 Å². The lowest BCUT2D eigenvalue weighted by Crippen LogP contribution is -2.29. The Kier molecular flexibility index (Phi) is 9.17. The molecule has 2 aliphatic rings. The van der Waals surface area contributed by atoms with E-state index in [0.29, 0.717) is 5.56 Å². The van der Waals surface area contributed by atoms with Gasteiger partial charge in [-0.15, -0.1) is 0 Å². The van der Waals surface area contributed by atoms with E-state index in [1.807, 2.05) is 0 Å². The molecule has 170 valence electrons. The van der Waals surface area contributed by atoms with Crippen molar-refractivity contribution in [2.24, 2.45) is 17.8 Å². The quantitative estimate of drug-likeness (QED) is 0.265. The third kappa shape index (κ3) is 7.52. The first-order valence-corrected chi connectivity index (χ1v) is 12.3. The lowest BCUT2D eigenvalue weighted by atomic mass is 9.70. The van der Waals surface area contributed by atoms with E-state index in [2.05, 4.69) is 6.92 Å². The highest BCUT2D eigenvalue weighted by molar-refractivity contribution is 5.90. The van der Waals surface area contributed by atoms with Crippen LogP contribution in [-0.2, 0) is 9.53 Å². The average molecular weight is 427 g/mol. The molecule has 31 heavy (non-hydrogen) atoms. The fourth-order valence-corrected chi connectivity index (χ4v) is 5.43. The van der Waals surface area contributed by atoms with Gasteiger partial charge < -0.3 is 9.84 Å². The van der Waals surface area contributed by atoms with Crippen LogP contribution >= 0.6 is 0 Å². The molecule has 0 aromatic heterocycles. The van der Waals surface area contributed by atoms with Gasteiger partial charge in [-0.2, -0.15) is 0 Å². The molecule has 1 N–H and O–H groups in total. The van der Waals surface area contributed by atoms with Crippen molar-refractivity contribution in [2.75, 3.05) is 0 Å². The van der Waals surface area contributed by atoms with Gasteiger partial charge in [0.15, 0.2) is 0 Å². The second kappa shape index (κ2) is 12.1. The topological polar surface area (TPSA) is 63.6 Å². The molecule has 0 amide bonds. The molecule has 0 bridgehead atoms. The van der Waals surface area contributed by atoms with E-state index >= 15 is 0 Å². The van der Waals surface area contributed by atoms with Crippen LogP contribution in [-0.4, -0.2) is 23.1 Å². The number of esters is 1. The summed E-state index contributed by atoms with van der Waals surface area (Å²) in [5.41, 5.74) is 1.27. The molecule has 4 heteroatoms. The molecular weight excluding hydrogens is 388 g/mol. The molecule has 0 atom stereocenters. The number of aliphatic carboxylic acids is 1. The number of benzene rings is 1. The minimum atomic E-state index is -0.987. The number of carbonyl (C=O) groups excluding carboxylic acids is 1. The van der Waals surface area contributed by atoms with Crippen LogP contribution in [0.25, 0.3) is 6.08 Å². The third-order valence-electron chi connectivity index (χ3n) is 7.33. The first kappa shape index (κ1) is 23.6. The third-order valence-corrected chi connectivity index (χ3v) is 7.33. The highest BCUT2D eigenvalue weighted by atomic mass is 16.5. The van der Waals surface area contributed by atoms with Crippen molar-refractivity contribution in [1.82, 2.24) is 0 Å². The van der Waals surface area contributed by atoms with E-state index in [0.717, 1.165) is 42.2 Å². The van der Waals surface area contributed by atoms with Crippen molar-refractivity contribution >= 4 is 18.0 Å². The van der Waals surface area contributed by atoms with Gasteiger partial charge in [-0.1, -0.05) is 57.6 Å². The van der Waals surface area contributed by atoms with E-state index in [1.165, 1.54) is 70.3 Å². The van der Waals surface area contributed by atoms with Gasteiger partial charge in [0.25, 0.3) is 0 Å². The molecule has 0 heterocycles. The summed E-state index contributed by atoms with van der Waals surface area (Å²) < 4.78 is 5.77. The van der Waals surface area contributed by atoms with Crippen LogP contribution in [0.2, 0.25) is 0 Å². The number of rotatable bonds is 9. The number of carboxylic acids is 1. The van der Waals surface area contributed by atoms with E-state index in [-0.39, 0.29) is 12.1 Å². The van der Waals surface area contributed by atoms with Gasteiger partial charge in [-0.05, 0) is 80.1 Å². The predicted octanol–water partition coefficient (Wildman–Crippen LogP) is 6.89. The Morgan fingerprint density at radius 1 is 0.935 bits per heavy atom. The molecule has 4 nitrogen and oxygen atoms in total. The Balaban J connectivity index is 1.38. The molecule has 3 rings (SSSR count). The predicted molar refractivity (Wildman–Crippen MR) is 124 cm³/mol. The number of carboxylic acid groups (broad SMARTS) is 1. The van der Waals surface area contributed by atoms with Crippen LogP contribution in [0.1, 0.15) is 99.9 Å². The van der Waals surface area contributed by atoms with Crippen LogP contribution in [0, 0.1) is 17.8 Å². The zero-order valence-electron chi connectivity index (χ0n) is 18.9. The number of unbranched alkanes of at least 4 members (excludes halogenated alkanes) is 2. The maximum atomic E-state index is 12.5. The average Bonchev–Trinajstić information content (AvgIpc) is 2.79. The number of hydrogen-bond donors (Lipinski definition) is 1. The zero-order valence-corrected chi connectivity index (χ0v) is 18.9. The van der Waals surface area contributed by atoms with E-state index < -0.39 is 5.97 Å². The Bertz CT molecular complexity index is 720. The Labute approximate surface area is 187 Å². The SMILES string of the molecule is CCCCCC1CCC(C2CCC(OC(=O)c3ccc(/C=C/C(=O)O)cc3)CC2)CC1. The van der Waals surface area contributed by atoms with Crippen molar-refractivity contribution in [3.63, 3.8) is 0 Å². The first-order chi connectivity index (χ1) is 15.0. The molecule has 2 aliphatic carbocycles. The number of ether oxygens (including phenoxy) is 1. The van der Waals surface area contributed by atoms with Crippen molar-refractivity contribution in [3.05, 3.63) is 41.5 Å². The van der Waals surface area contributed by atoms with Crippen LogP contribution in [0.3, 0.4) is 0 Å². The minimum Gasteiger partial charge on any atom is -0.478 e. The van der Waals surface area contributed by atoms with Gasteiger partial charge in [0.05, 0.1) is 5.56 Å². The van der Waals surface area contributed by atoms with Gasteiger partial charge >= 0.3 is 11.9 Å². The summed E-state index contributed by atoms with van der Waals surface area (Å²) in [7, 11) is 0. The summed E-state index contributed by atoms with van der Waals surface area (Å²) in [5, 5.41) is 8.69. The standard InChI is InChI=1S/C27H38O4/c1-2-3-4-5-20-6-11-22(12-7-20)23-15-17-25(18-16-23)31-27(30)24-13-8-21(9-14-24)10-19-26(28)29/h8-10,13-14,19-20,22-23,25H,2-7,11-12,15-18H2,1H3,(H,28,29)/b19-10+. The molecule has 1 aromatic carbocycles. The van der Waals surface area contributed by atoms with Crippen LogP contribution in [0.15, 0.2) is 30.3 Å². The van der Waals surface area contributed by atoms with Gasteiger partial charge in [-0.25, -0.2) is 9.59 Å². The second-order valence-corrected chi connectivity index (χ2v) is 9.51. The van der Waals surface area contributed by atoms with Crippen molar-refractivity contribution in [2.45, 2.75) is 90.1 Å². The number of carbonyl (C=O) groups is 2.